The van der Waals surface area contributed by atoms with Gasteiger partial charge in [-0.25, -0.2) is 4.98 Å². The van der Waals surface area contributed by atoms with Crippen molar-refractivity contribution in [1.82, 2.24) is 14.9 Å². The van der Waals surface area contributed by atoms with Crippen LogP contribution in [0.5, 0.6) is 0 Å². The number of hydrogen-bond donors (Lipinski definition) is 1. The molecule has 1 aliphatic heterocycles. The first-order valence-corrected chi connectivity index (χ1v) is 9.33. The number of rotatable bonds is 6. The van der Waals surface area contributed by atoms with E-state index in [0.717, 1.165) is 68.2 Å². The Bertz CT molecular complexity index is 681. The van der Waals surface area contributed by atoms with Crippen molar-refractivity contribution in [2.75, 3.05) is 49.5 Å². The Morgan fingerprint density at radius 2 is 1.80 bits per heavy atom. The summed E-state index contributed by atoms with van der Waals surface area (Å²) in [7, 11) is 0. The molecule has 0 spiro atoms. The minimum absolute atomic E-state index is 0.774. The molecular formula is C19H26ClN5. The van der Waals surface area contributed by atoms with Crippen LogP contribution in [-0.2, 0) is 6.42 Å². The average molecular weight is 360 g/mol. The summed E-state index contributed by atoms with van der Waals surface area (Å²) in [4.78, 5) is 14.1. The second-order valence-electron chi connectivity index (χ2n) is 6.42. The molecule has 0 saturated carbocycles. The molecule has 6 heteroatoms. The maximum Gasteiger partial charge on any atom is 0.227 e. The number of aryl methyl sites for hydroxylation is 1. The van der Waals surface area contributed by atoms with Crippen LogP contribution in [0.2, 0.25) is 5.02 Å². The van der Waals surface area contributed by atoms with Gasteiger partial charge in [-0.1, -0.05) is 30.7 Å². The van der Waals surface area contributed by atoms with Gasteiger partial charge in [0.2, 0.25) is 5.95 Å². The Morgan fingerprint density at radius 1 is 1.08 bits per heavy atom. The highest BCUT2D eigenvalue weighted by atomic mass is 35.5. The zero-order valence-corrected chi connectivity index (χ0v) is 15.8. The van der Waals surface area contributed by atoms with Crippen molar-refractivity contribution in [2.24, 2.45) is 0 Å². The third-order valence-corrected chi connectivity index (χ3v) is 4.83. The van der Waals surface area contributed by atoms with Crippen molar-refractivity contribution in [2.45, 2.75) is 20.3 Å². The van der Waals surface area contributed by atoms with Gasteiger partial charge >= 0.3 is 0 Å². The standard InChI is InChI=1S/C19H26ClN5/c1-3-24-10-12-25(13-11-24)19-22-15(2)14-18(23-19)21-9-8-16-4-6-17(20)7-5-16/h4-7,14H,3,8-13H2,1-2H3,(H,21,22,23). The van der Waals surface area contributed by atoms with Crippen molar-refractivity contribution in [3.05, 3.63) is 46.6 Å². The summed E-state index contributed by atoms with van der Waals surface area (Å²) < 4.78 is 0. The van der Waals surface area contributed by atoms with E-state index < -0.39 is 0 Å². The molecule has 134 valence electrons. The Balaban J connectivity index is 1.58. The molecule has 1 aromatic heterocycles. The summed E-state index contributed by atoms with van der Waals surface area (Å²) in [5.74, 6) is 1.74. The first-order chi connectivity index (χ1) is 12.1. The van der Waals surface area contributed by atoms with Crippen LogP contribution in [0, 0.1) is 6.92 Å². The number of aromatic nitrogens is 2. The molecule has 1 N–H and O–H groups in total. The zero-order chi connectivity index (χ0) is 17.6. The van der Waals surface area contributed by atoms with Gasteiger partial charge in [0.25, 0.3) is 0 Å². The lowest BCUT2D eigenvalue weighted by Crippen LogP contribution is -2.46. The first kappa shape index (κ1) is 18.0. The van der Waals surface area contributed by atoms with Gasteiger partial charge in [0, 0.05) is 49.5 Å². The molecule has 1 fully saturated rings. The monoisotopic (exact) mass is 359 g/mol. The summed E-state index contributed by atoms with van der Waals surface area (Å²) in [5.41, 5.74) is 2.26. The van der Waals surface area contributed by atoms with Crippen LogP contribution in [-0.4, -0.2) is 54.1 Å². The molecule has 0 atom stereocenters. The lowest BCUT2D eigenvalue weighted by molar-refractivity contribution is 0.270. The second kappa shape index (κ2) is 8.50. The molecule has 25 heavy (non-hydrogen) atoms. The van der Waals surface area contributed by atoms with Crippen LogP contribution in [0.3, 0.4) is 0 Å². The molecule has 2 aromatic rings. The molecule has 2 heterocycles. The molecule has 1 aliphatic rings. The summed E-state index contributed by atoms with van der Waals surface area (Å²) >= 11 is 5.93. The van der Waals surface area contributed by atoms with Crippen LogP contribution >= 0.6 is 11.6 Å². The fourth-order valence-corrected chi connectivity index (χ4v) is 3.16. The van der Waals surface area contributed by atoms with Gasteiger partial charge in [0.1, 0.15) is 5.82 Å². The minimum Gasteiger partial charge on any atom is -0.370 e. The van der Waals surface area contributed by atoms with Gasteiger partial charge in [-0.2, -0.15) is 4.98 Å². The number of benzene rings is 1. The molecule has 5 nitrogen and oxygen atoms in total. The van der Waals surface area contributed by atoms with Gasteiger partial charge < -0.3 is 15.1 Å². The molecule has 1 saturated heterocycles. The van der Waals surface area contributed by atoms with E-state index in [4.69, 9.17) is 16.6 Å². The van der Waals surface area contributed by atoms with Crippen molar-refractivity contribution in [3.8, 4) is 0 Å². The molecular weight excluding hydrogens is 334 g/mol. The third kappa shape index (κ3) is 5.06. The maximum absolute atomic E-state index is 5.93. The second-order valence-corrected chi connectivity index (χ2v) is 6.86. The molecule has 0 aliphatic carbocycles. The molecule has 0 radical (unpaired) electrons. The zero-order valence-electron chi connectivity index (χ0n) is 15.0. The Kier molecular flexibility index (Phi) is 6.10. The van der Waals surface area contributed by atoms with E-state index in [1.807, 2.05) is 25.1 Å². The highest BCUT2D eigenvalue weighted by Crippen LogP contribution is 2.16. The van der Waals surface area contributed by atoms with E-state index in [-0.39, 0.29) is 0 Å². The van der Waals surface area contributed by atoms with Crippen LogP contribution in [0.15, 0.2) is 30.3 Å². The Hall–Kier alpha value is -1.85. The number of piperazine rings is 1. The van der Waals surface area contributed by atoms with E-state index in [9.17, 15) is 0 Å². The Labute approximate surface area is 155 Å². The van der Waals surface area contributed by atoms with E-state index in [2.05, 4.69) is 39.2 Å². The van der Waals surface area contributed by atoms with Crippen LogP contribution < -0.4 is 10.2 Å². The van der Waals surface area contributed by atoms with Crippen LogP contribution in [0.25, 0.3) is 0 Å². The summed E-state index contributed by atoms with van der Waals surface area (Å²) in [5, 5.41) is 4.20. The third-order valence-electron chi connectivity index (χ3n) is 4.58. The van der Waals surface area contributed by atoms with Crippen LogP contribution in [0.4, 0.5) is 11.8 Å². The van der Waals surface area contributed by atoms with Gasteiger partial charge in [-0.15, -0.1) is 0 Å². The molecule has 1 aromatic carbocycles. The predicted molar refractivity (Wildman–Crippen MR) is 105 cm³/mol. The lowest BCUT2D eigenvalue weighted by Gasteiger charge is -2.34. The fourth-order valence-electron chi connectivity index (χ4n) is 3.03. The normalized spacial score (nSPS) is 15.4. The molecule has 0 bridgehead atoms. The van der Waals surface area contributed by atoms with Crippen LogP contribution in [0.1, 0.15) is 18.2 Å². The smallest absolute Gasteiger partial charge is 0.227 e. The number of anilines is 2. The van der Waals surface area contributed by atoms with Crippen molar-refractivity contribution < 1.29 is 0 Å². The molecule has 3 rings (SSSR count). The minimum atomic E-state index is 0.774. The van der Waals surface area contributed by atoms with Crippen molar-refractivity contribution in [1.29, 1.82) is 0 Å². The number of likely N-dealkylation sites (N-methyl/N-ethyl adjacent to an activating group) is 1. The number of hydrogen-bond acceptors (Lipinski definition) is 5. The average Bonchev–Trinajstić information content (AvgIpc) is 2.63. The maximum atomic E-state index is 5.93. The predicted octanol–water partition coefficient (Wildman–Crippen LogP) is 3.23. The number of nitrogens with zero attached hydrogens (tertiary/aromatic N) is 4. The Morgan fingerprint density at radius 3 is 2.48 bits per heavy atom. The lowest BCUT2D eigenvalue weighted by atomic mass is 10.1. The quantitative estimate of drug-likeness (QED) is 0.857. The van der Waals surface area contributed by atoms with Crippen molar-refractivity contribution >= 4 is 23.4 Å². The van der Waals surface area contributed by atoms with Gasteiger partial charge in [0.05, 0.1) is 0 Å². The molecule has 0 amide bonds. The van der Waals surface area contributed by atoms with E-state index >= 15 is 0 Å². The summed E-state index contributed by atoms with van der Waals surface area (Å²) in [6.45, 7) is 10.3. The van der Waals surface area contributed by atoms with Crippen molar-refractivity contribution in [3.63, 3.8) is 0 Å². The molecule has 0 unspecified atom stereocenters. The van der Waals surface area contributed by atoms with E-state index in [1.54, 1.807) is 0 Å². The number of halogens is 1. The van der Waals surface area contributed by atoms with Gasteiger partial charge in [-0.05, 0) is 37.6 Å². The largest absolute Gasteiger partial charge is 0.370 e. The summed E-state index contributed by atoms with van der Waals surface area (Å²) in [6, 6.07) is 10.00. The highest BCUT2D eigenvalue weighted by molar-refractivity contribution is 6.30. The highest BCUT2D eigenvalue weighted by Gasteiger charge is 2.18. The first-order valence-electron chi connectivity index (χ1n) is 8.95. The fraction of sp³-hybridized carbons (Fsp3) is 0.474. The SMILES string of the molecule is CCN1CCN(c2nc(C)cc(NCCc3ccc(Cl)cc3)n2)CC1. The topological polar surface area (TPSA) is 44.3 Å². The van der Waals surface area contributed by atoms with Gasteiger partial charge in [0.15, 0.2) is 0 Å². The van der Waals surface area contributed by atoms with Gasteiger partial charge in [-0.3, -0.25) is 0 Å². The van der Waals surface area contributed by atoms with E-state index in [1.165, 1.54) is 5.56 Å². The van der Waals surface area contributed by atoms with E-state index in [0.29, 0.717) is 0 Å². The summed E-state index contributed by atoms with van der Waals surface area (Å²) in [6.07, 6.45) is 0.935. The number of nitrogens with one attached hydrogen (secondary N) is 1.